The molecule has 0 atom stereocenters. The van der Waals surface area contributed by atoms with Crippen molar-refractivity contribution in [2.45, 2.75) is 12.8 Å². The number of benzene rings is 1. The van der Waals surface area contributed by atoms with Crippen LogP contribution in [0.5, 0.6) is 11.5 Å². The maximum absolute atomic E-state index is 11.4. The van der Waals surface area contributed by atoms with Gasteiger partial charge in [0.25, 0.3) is 0 Å². The lowest BCUT2D eigenvalue weighted by Gasteiger charge is -2.10. The van der Waals surface area contributed by atoms with Crippen molar-refractivity contribution in [3.05, 3.63) is 23.8 Å². The molecule has 0 fully saturated rings. The van der Waals surface area contributed by atoms with E-state index in [1.54, 1.807) is 12.1 Å². The molecular formula is C14H15N3O3. The second-order valence-electron chi connectivity index (χ2n) is 3.87. The van der Waals surface area contributed by atoms with Gasteiger partial charge in [0.15, 0.2) is 18.1 Å². The molecule has 1 N–H and O–H groups in total. The van der Waals surface area contributed by atoms with Crippen molar-refractivity contribution in [2.75, 3.05) is 20.3 Å². The molecule has 0 saturated heterocycles. The van der Waals surface area contributed by atoms with E-state index < -0.39 is 0 Å². The van der Waals surface area contributed by atoms with Crippen molar-refractivity contribution >= 4 is 5.91 Å². The van der Waals surface area contributed by atoms with Gasteiger partial charge in [-0.05, 0) is 24.1 Å². The molecule has 6 nitrogen and oxygen atoms in total. The summed E-state index contributed by atoms with van der Waals surface area (Å²) in [6.07, 6.45) is 0.829. The second-order valence-corrected chi connectivity index (χ2v) is 3.87. The monoisotopic (exact) mass is 273 g/mol. The molecule has 0 aliphatic carbocycles. The molecule has 0 unspecified atom stereocenters. The lowest BCUT2D eigenvalue weighted by Crippen LogP contribution is -2.23. The lowest BCUT2D eigenvalue weighted by atomic mass is 10.1. The standard InChI is InChI=1S/C14H15N3O3/c1-19-13-10-11(2-4-12(13)20-9-7-16)3-5-14(18)17-8-6-15/h2,4,10H,3,5,8-9H2,1H3,(H,17,18). The van der Waals surface area contributed by atoms with Crippen molar-refractivity contribution in [3.8, 4) is 23.6 Å². The van der Waals surface area contributed by atoms with Crippen LogP contribution in [-0.2, 0) is 11.2 Å². The first-order valence-electron chi connectivity index (χ1n) is 6.01. The van der Waals surface area contributed by atoms with E-state index in [0.717, 1.165) is 5.56 Å². The van der Waals surface area contributed by atoms with E-state index in [4.69, 9.17) is 20.0 Å². The van der Waals surface area contributed by atoms with Crippen LogP contribution < -0.4 is 14.8 Å². The fraction of sp³-hybridized carbons (Fsp3) is 0.357. The highest BCUT2D eigenvalue weighted by Crippen LogP contribution is 2.28. The Morgan fingerprint density at radius 2 is 2.10 bits per heavy atom. The van der Waals surface area contributed by atoms with E-state index in [9.17, 15) is 4.79 Å². The molecule has 1 aromatic rings. The predicted molar refractivity (Wildman–Crippen MR) is 71.0 cm³/mol. The third-order valence-electron chi connectivity index (χ3n) is 2.53. The Balaban J connectivity index is 2.62. The van der Waals surface area contributed by atoms with Crippen LogP contribution in [0.15, 0.2) is 18.2 Å². The minimum atomic E-state index is -0.171. The number of amides is 1. The molecule has 0 aliphatic rings. The SMILES string of the molecule is COc1cc(CCC(=O)NCC#N)ccc1OCC#N. The van der Waals surface area contributed by atoms with Gasteiger partial charge in [-0.25, -0.2) is 0 Å². The van der Waals surface area contributed by atoms with Gasteiger partial charge < -0.3 is 14.8 Å². The topological polar surface area (TPSA) is 95.1 Å². The Bertz CT molecular complexity index is 544. The molecule has 0 heterocycles. The third kappa shape index (κ3) is 4.87. The zero-order chi connectivity index (χ0) is 14.8. The van der Waals surface area contributed by atoms with E-state index in [2.05, 4.69) is 5.32 Å². The number of aryl methyl sites for hydroxylation is 1. The van der Waals surface area contributed by atoms with Crippen LogP contribution in [0.4, 0.5) is 0 Å². The molecule has 1 rings (SSSR count). The number of hydrogen-bond acceptors (Lipinski definition) is 5. The maximum Gasteiger partial charge on any atom is 0.221 e. The van der Waals surface area contributed by atoms with Crippen LogP contribution in [0.3, 0.4) is 0 Å². The van der Waals surface area contributed by atoms with E-state index in [0.29, 0.717) is 24.3 Å². The molecule has 0 saturated carbocycles. The van der Waals surface area contributed by atoms with Gasteiger partial charge in [0.05, 0.1) is 13.2 Å². The van der Waals surface area contributed by atoms with Crippen LogP contribution in [0.25, 0.3) is 0 Å². The summed E-state index contributed by atoms with van der Waals surface area (Å²) in [6, 6.07) is 9.02. The van der Waals surface area contributed by atoms with Crippen molar-refractivity contribution in [2.24, 2.45) is 0 Å². The lowest BCUT2D eigenvalue weighted by molar-refractivity contribution is -0.120. The molecule has 0 bridgehead atoms. The first kappa shape index (κ1) is 15.3. The van der Waals surface area contributed by atoms with Gasteiger partial charge in [-0.3, -0.25) is 4.79 Å². The van der Waals surface area contributed by atoms with E-state index in [1.807, 2.05) is 18.2 Å². The van der Waals surface area contributed by atoms with Gasteiger partial charge in [-0.15, -0.1) is 0 Å². The van der Waals surface area contributed by atoms with Crippen molar-refractivity contribution in [1.82, 2.24) is 5.32 Å². The zero-order valence-corrected chi connectivity index (χ0v) is 11.2. The normalized spacial score (nSPS) is 9.15. The van der Waals surface area contributed by atoms with Gasteiger partial charge in [-0.2, -0.15) is 10.5 Å². The summed E-state index contributed by atoms with van der Waals surface area (Å²) < 4.78 is 10.4. The Kier molecular flexibility index (Phi) is 6.43. The average molecular weight is 273 g/mol. The van der Waals surface area contributed by atoms with Gasteiger partial charge in [-0.1, -0.05) is 6.07 Å². The number of nitrogens with zero attached hydrogens (tertiary/aromatic N) is 2. The molecule has 0 aromatic heterocycles. The second kappa shape index (κ2) is 8.39. The minimum absolute atomic E-state index is 0.0170. The highest BCUT2D eigenvalue weighted by molar-refractivity contribution is 5.76. The van der Waals surface area contributed by atoms with Crippen molar-refractivity contribution in [1.29, 1.82) is 10.5 Å². The molecule has 104 valence electrons. The highest BCUT2D eigenvalue weighted by atomic mass is 16.5. The van der Waals surface area contributed by atoms with Crippen LogP contribution in [0, 0.1) is 22.7 Å². The Morgan fingerprint density at radius 3 is 2.75 bits per heavy atom. The molecule has 0 radical (unpaired) electrons. The third-order valence-corrected chi connectivity index (χ3v) is 2.53. The average Bonchev–Trinajstić information content (AvgIpc) is 2.49. The fourth-order valence-corrected chi connectivity index (χ4v) is 1.58. The number of carbonyl (C=O) groups is 1. The van der Waals surface area contributed by atoms with Crippen molar-refractivity contribution < 1.29 is 14.3 Å². The molecule has 20 heavy (non-hydrogen) atoms. The quantitative estimate of drug-likeness (QED) is 0.752. The fourth-order valence-electron chi connectivity index (χ4n) is 1.58. The molecule has 6 heteroatoms. The molecular weight excluding hydrogens is 258 g/mol. The summed E-state index contributed by atoms with van der Waals surface area (Å²) in [5.74, 6) is 0.845. The Hall–Kier alpha value is -2.73. The molecule has 1 aromatic carbocycles. The Labute approximate surface area is 117 Å². The van der Waals surface area contributed by atoms with Crippen LogP contribution in [-0.4, -0.2) is 26.2 Å². The molecule has 0 spiro atoms. The zero-order valence-electron chi connectivity index (χ0n) is 11.2. The van der Waals surface area contributed by atoms with Gasteiger partial charge in [0.2, 0.25) is 5.91 Å². The minimum Gasteiger partial charge on any atom is -0.493 e. The summed E-state index contributed by atoms with van der Waals surface area (Å²) >= 11 is 0. The van der Waals surface area contributed by atoms with Crippen molar-refractivity contribution in [3.63, 3.8) is 0 Å². The summed E-state index contributed by atoms with van der Waals surface area (Å²) in [5, 5.41) is 19.3. The number of hydrogen-bond donors (Lipinski definition) is 1. The molecule has 1 amide bonds. The van der Waals surface area contributed by atoms with Gasteiger partial charge >= 0.3 is 0 Å². The van der Waals surface area contributed by atoms with E-state index >= 15 is 0 Å². The summed E-state index contributed by atoms with van der Waals surface area (Å²) in [7, 11) is 1.51. The summed E-state index contributed by atoms with van der Waals surface area (Å²) in [4.78, 5) is 11.4. The molecule has 0 aliphatic heterocycles. The number of carbonyl (C=O) groups excluding carboxylic acids is 1. The first-order chi connectivity index (χ1) is 9.71. The van der Waals surface area contributed by atoms with Gasteiger partial charge in [0.1, 0.15) is 12.6 Å². The van der Waals surface area contributed by atoms with E-state index in [1.165, 1.54) is 7.11 Å². The smallest absolute Gasteiger partial charge is 0.221 e. The predicted octanol–water partition coefficient (Wildman–Crippen LogP) is 1.17. The Morgan fingerprint density at radius 1 is 1.30 bits per heavy atom. The van der Waals surface area contributed by atoms with Crippen LogP contribution in [0.2, 0.25) is 0 Å². The number of nitriles is 2. The van der Waals surface area contributed by atoms with E-state index in [-0.39, 0.29) is 19.1 Å². The summed E-state index contributed by atoms with van der Waals surface area (Å²) in [5.41, 5.74) is 0.915. The largest absolute Gasteiger partial charge is 0.493 e. The number of methoxy groups -OCH3 is 1. The summed E-state index contributed by atoms with van der Waals surface area (Å²) in [6.45, 7) is -0.0324. The highest BCUT2D eigenvalue weighted by Gasteiger charge is 2.07. The maximum atomic E-state index is 11.4. The number of rotatable bonds is 7. The van der Waals surface area contributed by atoms with Gasteiger partial charge in [0, 0.05) is 6.42 Å². The van der Waals surface area contributed by atoms with Crippen LogP contribution in [0.1, 0.15) is 12.0 Å². The number of nitrogens with one attached hydrogen (secondary N) is 1. The van der Waals surface area contributed by atoms with Crippen LogP contribution >= 0.6 is 0 Å². The number of ether oxygens (including phenoxy) is 2. The first-order valence-corrected chi connectivity index (χ1v) is 6.01.